The zero-order chi connectivity index (χ0) is 16.4. The molecule has 0 saturated carbocycles. The number of carbonyl (C=O) groups excluding carboxylic acids is 1. The van der Waals surface area contributed by atoms with Gasteiger partial charge in [0, 0.05) is 12.5 Å². The number of halogens is 1. The fourth-order valence-corrected chi connectivity index (χ4v) is 2.01. The Hall–Kier alpha value is -3.29. The Balaban J connectivity index is 1.97. The minimum atomic E-state index is -0.862. The molecule has 0 aliphatic carbocycles. The van der Waals surface area contributed by atoms with Crippen LogP contribution in [-0.2, 0) is 0 Å². The van der Waals surface area contributed by atoms with Crippen molar-refractivity contribution in [1.82, 2.24) is 15.0 Å². The largest absolute Gasteiger partial charge is 0.440 e. The monoisotopic (exact) mass is 314 g/mol. The van der Waals surface area contributed by atoms with Gasteiger partial charge in [-0.2, -0.15) is 4.98 Å². The molecular weight excluding hydrogens is 303 g/mol. The molecule has 3 aromatic rings. The van der Waals surface area contributed by atoms with Crippen LogP contribution in [0.4, 0.5) is 10.2 Å². The molecule has 0 atom stereocenters. The van der Waals surface area contributed by atoms with Crippen LogP contribution in [0.2, 0.25) is 0 Å². The molecule has 2 heterocycles. The number of rotatable bonds is 3. The zero-order valence-electron chi connectivity index (χ0n) is 12.0. The number of aryl methyl sites for hydroxylation is 1. The molecule has 8 heteroatoms. The first-order valence-electron chi connectivity index (χ1n) is 6.63. The maximum atomic E-state index is 13.6. The molecule has 0 aliphatic heterocycles. The van der Waals surface area contributed by atoms with Crippen molar-refractivity contribution in [2.45, 2.75) is 6.92 Å². The van der Waals surface area contributed by atoms with Gasteiger partial charge in [0.2, 0.25) is 0 Å². The van der Waals surface area contributed by atoms with E-state index in [2.05, 4.69) is 20.3 Å². The first kappa shape index (κ1) is 14.6. The number of hydrogen-bond acceptors (Lipinski definition) is 5. The number of nitrogens with one attached hydrogen (secondary N) is 2. The molecule has 7 nitrogen and oxygen atoms in total. The lowest BCUT2D eigenvalue weighted by Crippen LogP contribution is -2.20. The van der Waals surface area contributed by atoms with Crippen molar-refractivity contribution in [3.05, 3.63) is 64.4 Å². The molecule has 0 saturated heterocycles. The Morgan fingerprint density at radius 1 is 1.30 bits per heavy atom. The average molecular weight is 314 g/mol. The van der Waals surface area contributed by atoms with Gasteiger partial charge >= 0.3 is 5.69 Å². The number of aromatic amines is 1. The van der Waals surface area contributed by atoms with E-state index in [1.807, 2.05) is 6.07 Å². The third-order valence-corrected chi connectivity index (χ3v) is 2.99. The molecular formula is C15H11FN4O3. The van der Waals surface area contributed by atoms with Gasteiger partial charge in [-0.3, -0.25) is 9.78 Å². The molecule has 2 N–H and O–H groups in total. The maximum absolute atomic E-state index is 13.6. The highest BCUT2D eigenvalue weighted by Crippen LogP contribution is 2.25. The lowest BCUT2D eigenvalue weighted by molar-refractivity contribution is 0.102. The van der Waals surface area contributed by atoms with Crippen LogP contribution in [0.3, 0.4) is 0 Å². The van der Waals surface area contributed by atoms with Gasteiger partial charge in [0.25, 0.3) is 5.91 Å². The molecule has 0 spiro atoms. The second-order valence-electron chi connectivity index (χ2n) is 4.64. The predicted octanol–water partition coefficient (Wildman–Crippen LogP) is 2.12. The molecule has 0 bridgehead atoms. The van der Waals surface area contributed by atoms with Crippen molar-refractivity contribution in [3.8, 4) is 11.3 Å². The zero-order valence-corrected chi connectivity index (χ0v) is 12.0. The molecule has 0 aliphatic rings. The molecule has 23 heavy (non-hydrogen) atoms. The summed E-state index contributed by atoms with van der Waals surface area (Å²) in [5, 5.41) is 2.26. The first-order valence-corrected chi connectivity index (χ1v) is 6.63. The Labute approximate surface area is 129 Å². The van der Waals surface area contributed by atoms with Crippen LogP contribution < -0.4 is 11.0 Å². The quantitative estimate of drug-likeness (QED) is 0.771. The first-order chi connectivity index (χ1) is 11.0. The minimum absolute atomic E-state index is 0.00855. The number of anilines is 1. The summed E-state index contributed by atoms with van der Waals surface area (Å²) in [6, 6.07) is 8.91. The van der Waals surface area contributed by atoms with Crippen LogP contribution in [0, 0.1) is 12.7 Å². The standard InChI is InChI=1S/C15H11FN4O3/c1-8-18-11(12(23-8)9-5-3-2-4-6-9)14(21)19-13-10(16)7-17-15(22)20-13/h2-7H,1H3,(H2,17,19,20,21,22). The number of carbonyl (C=O) groups is 1. The third-order valence-electron chi connectivity index (χ3n) is 2.99. The Morgan fingerprint density at radius 2 is 2.04 bits per heavy atom. The fourth-order valence-electron chi connectivity index (χ4n) is 2.01. The summed E-state index contributed by atoms with van der Waals surface area (Å²) in [4.78, 5) is 32.8. The molecule has 2 aromatic heterocycles. The molecule has 0 unspecified atom stereocenters. The van der Waals surface area contributed by atoms with E-state index in [4.69, 9.17) is 4.42 Å². The van der Waals surface area contributed by atoms with E-state index in [0.717, 1.165) is 6.20 Å². The highest BCUT2D eigenvalue weighted by molar-refractivity contribution is 6.06. The van der Waals surface area contributed by atoms with Crippen LogP contribution in [0.5, 0.6) is 0 Å². The summed E-state index contributed by atoms with van der Waals surface area (Å²) >= 11 is 0. The minimum Gasteiger partial charge on any atom is -0.440 e. The van der Waals surface area contributed by atoms with Crippen LogP contribution in [0.15, 0.2) is 45.7 Å². The number of oxazole rings is 1. The van der Waals surface area contributed by atoms with Gasteiger partial charge in [-0.1, -0.05) is 30.3 Å². The van der Waals surface area contributed by atoms with E-state index in [-0.39, 0.29) is 23.2 Å². The molecule has 0 radical (unpaired) electrons. The van der Waals surface area contributed by atoms with Crippen molar-refractivity contribution in [1.29, 1.82) is 0 Å². The van der Waals surface area contributed by atoms with Gasteiger partial charge in [0.05, 0.1) is 6.20 Å². The lowest BCUT2D eigenvalue weighted by Gasteiger charge is -2.04. The van der Waals surface area contributed by atoms with E-state index in [1.165, 1.54) is 0 Å². The molecule has 0 fully saturated rings. The molecule has 1 amide bonds. The van der Waals surface area contributed by atoms with Gasteiger partial charge in [-0.05, 0) is 0 Å². The van der Waals surface area contributed by atoms with Crippen molar-refractivity contribution in [2.24, 2.45) is 0 Å². The van der Waals surface area contributed by atoms with Crippen LogP contribution >= 0.6 is 0 Å². The number of nitrogens with zero attached hydrogens (tertiary/aromatic N) is 2. The Kier molecular flexibility index (Phi) is 3.71. The topological polar surface area (TPSA) is 101 Å². The van der Waals surface area contributed by atoms with E-state index < -0.39 is 17.4 Å². The van der Waals surface area contributed by atoms with Crippen molar-refractivity contribution in [3.63, 3.8) is 0 Å². The predicted molar refractivity (Wildman–Crippen MR) is 79.4 cm³/mol. The van der Waals surface area contributed by atoms with Crippen LogP contribution in [-0.4, -0.2) is 20.9 Å². The normalized spacial score (nSPS) is 10.5. The van der Waals surface area contributed by atoms with Crippen molar-refractivity contribution < 1.29 is 13.6 Å². The highest BCUT2D eigenvalue weighted by Gasteiger charge is 2.21. The van der Waals surface area contributed by atoms with Crippen molar-refractivity contribution >= 4 is 11.7 Å². The van der Waals surface area contributed by atoms with Crippen LogP contribution in [0.25, 0.3) is 11.3 Å². The van der Waals surface area contributed by atoms with Gasteiger partial charge in [0.1, 0.15) is 0 Å². The van der Waals surface area contributed by atoms with Crippen LogP contribution in [0.1, 0.15) is 16.4 Å². The Bertz CT molecular complexity index is 918. The second kappa shape index (κ2) is 5.84. The summed E-state index contributed by atoms with van der Waals surface area (Å²) in [7, 11) is 0. The summed E-state index contributed by atoms with van der Waals surface area (Å²) in [6.07, 6.45) is 0.723. The summed E-state index contributed by atoms with van der Waals surface area (Å²) < 4.78 is 19.0. The second-order valence-corrected chi connectivity index (χ2v) is 4.64. The SMILES string of the molecule is Cc1nc(C(=O)Nc2[nH]c(=O)ncc2F)c(-c2ccccc2)o1. The highest BCUT2D eigenvalue weighted by atomic mass is 19.1. The molecule has 1 aromatic carbocycles. The van der Waals surface area contributed by atoms with E-state index in [0.29, 0.717) is 5.56 Å². The van der Waals surface area contributed by atoms with Gasteiger partial charge in [0.15, 0.2) is 29.0 Å². The van der Waals surface area contributed by atoms with E-state index in [1.54, 1.807) is 31.2 Å². The van der Waals surface area contributed by atoms with Gasteiger partial charge in [-0.15, -0.1) is 0 Å². The molecule has 3 rings (SSSR count). The lowest BCUT2D eigenvalue weighted by atomic mass is 10.1. The third kappa shape index (κ3) is 3.00. The summed E-state index contributed by atoms with van der Waals surface area (Å²) in [6.45, 7) is 1.60. The average Bonchev–Trinajstić information content (AvgIpc) is 2.94. The molecule has 116 valence electrons. The number of benzene rings is 1. The number of hydrogen-bond donors (Lipinski definition) is 2. The van der Waals surface area contributed by atoms with Crippen molar-refractivity contribution in [2.75, 3.05) is 5.32 Å². The van der Waals surface area contributed by atoms with Gasteiger partial charge in [-0.25, -0.2) is 14.2 Å². The number of H-pyrrole nitrogens is 1. The number of aromatic nitrogens is 3. The Morgan fingerprint density at radius 3 is 2.78 bits per heavy atom. The summed E-state index contributed by atoms with van der Waals surface area (Å²) in [5.74, 6) is -1.40. The fraction of sp³-hybridized carbons (Fsp3) is 0.0667. The van der Waals surface area contributed by atoms with E-state index in [9.17, 15) is 14.0 Å². The maximum Gasteiger partial charge on any atom is 0.346 e. The number of amides is 1. The van der Waals surface area contributed by atoms with E-state index >= 15 is 0 Å². The van der Waals surface area contributed by atoms with Gasteiger partial charge < -0.3 is 9.73 Å². The summed E-state index contributed by atoms with van der Waals surface area (Å²) in [5.41, 5.74) is -0.131. The smallest absolute Gasteiger partial charge is 0.346 e.